The largest absolute Gasteiger partial charge is 0.493 e. The molecule has 1 fully saturated rings. The fourth-order valence-electron chi connectivity index (χ4n) is 4.27. The number of nitrogens with zero attached hydrogens (tertiary/aromatic N) is 3. The molecule has 2 aromatic carbocycles. The number of carbonyl (C=O) groups is 1. The molecule has 1 saturated heterocycles. The average molecular weight is 458 g/mol. The Labute approximate surface area is 197 Å². The summed E-state index contributed by atoms with van der Waals surface area (Å²) < 4.78 is 6.05. The van der Waals surface area contributed by atoms with Crippen LogP contribution in [0.5, 0.6) is 5.75 Å². The van der Waals surface area contributed by atoms with E-state index in [4.69, 9.17) is 16.3 Å². The zero-order valence-electron chi connectivity index (χ0n) is 20.0. The summed E-state index contributed by atoms with van der Waals surface area (Å²) in [5, 5.41) is 0.649. The van der Waals surface area contributed by atoms with Crippen molar-refractivity contribution in [3.05, 3.63) is 63.7 Å². The summed E-state index contributed by atoms with van der Waals surface area (Å²) in [5.74, 6) is 1.06. The van der Waals surface area contributed by atoms with Crippen molar-refractivity contribution in [1.29, 1.82) is 0 Å². The van der Waals surface area contributed by atoms with E-state index in [0.717, 1.165) is 51.5 Å². The van der Waals surface area contributed by atoms with Crippen LogP contribution in [-0.2, 0) is 0 Å². The minimum atomic E-state index is 0.0803. The fourth-order valence-corrected chi connectivity index (χ4v) is 4.40. The van der Waals surface area contributed by atoms with Crippen molar-refractivity contribution in [3.8, 4) is 5.75 Å². The minimum absolute atomic E-state index is 0.0803. The number of amides is 1. The Hall–Kier alpha value is -2.08. The lowest BCUT2D eigenvalue weighted by Crippen LogP contribution is -2.49. The van der Waals surface area contributed by atoms with Crippen LogP contribution in [0.25, 0.3) is 0 Å². The van der Waals surface area contributed by atoms with Gasteiger partial charge in [0.05, 0.1) is 6.61 Å². The van der Waals surface area contributed by atoms with E-state index in [9.17, 15) is 4.79 Å². The van der Waals surface area contributed by atoms with E-state index in [1.54, 1.807) is 24.3 Å². The molecule has 5 nitrogen and oxygen atoms in total. The van der Waals surface area contributed by atoms with Crippen molar-refractivity contribution in [3.63, 3.8) is 0 Å². The molecule has 2 aromatic rings. The predicted octanol–water partition coefficient (Wildman–Crippen LogP) is 4.81. The Morgan fingerprint density at radius 3 is 2.31 bits per heavy atom. The van der Waals surface area contributed by atoms with E-state index < -0.39 is 0 Å². The van der Waals surface area contributed by atoms with Crippen molar-refractivity contribution >= 4 is 17.5 Å². The topological polar surface area (TPSA) is 36.0 Å². The van der Waals surface area contributed by atoms with Crippen molar-refractivity contribution in [2.75, 3.05) is 53.4 Å². The van der Waals surface area contributed by atoms with Gasteiger partial charge in [0.1, 0.15) is 5.75 Å². The number of ether oxygens (including phenoxy) is 1. The van der Waals surface area contributed by atoms with Gasteiger partial charge in [0.2, 0.25) is 0 Å². The molecule has 0 aliphatic carbocycles. The lowest BCUT2D eigenvalue weighted by Gasteiger charge is -2.39. The molecule has 1 amide bonds. The van der Waals surface area contributed by atoms with Gasteiger partial charge in [-0.15, -0.1) is 0 Å². The van der Waals surface area contributed by atoms with Gasteiger partial charge < -0.3 is 14.5 Å². The van der Waals surface area contributed by atoms with Gasteiger partial charge in [0, 0.05) is 49.4 Å². The predicted molar refractivity (Wildman–Crippen MR) is 132 cm³/mol. The molecular weight excluding hydrogens is 422 g/mol. The first-order valence-electron chi connectivity index (χ1n) is 11.4. The van der Waals surface area contributed by atoms with Crippen LogP contribution >= 0.6 is 11.6 Å². The third kappa shape index (κ3) is 6.03. The third-order valence-electron chi connectivity index (χ3n) is 6.48. The monoisotopic (exact) mass is 457 g/mol. The van der Waals surface area contributed by atoms with Gasteiger partial charge in [0.15, 0.2) is 0 Å². The van der Waals surface area contributed by atoms with E-state index >= 15 is 0 Å². The molecule has 174 valence electrons. The summed E-state index contributed by atoms with van der Waals surface area (Å²) in [6.07, 6.45) is 1.02. The Kier molecular flexibility index (Phi) is 8.57. The summed E-state index contributed by atoms with van der Waals surface area (Å²) in [7, 11) is 4.16. The van der Waals surface area contributed by atoms with Gasteiger partial charge in [0.25, 0.3) is 5.91 Å². The van der Waals surface area contributed by atoms with Crippen LogP contribution in [0, 0.1) is 13.8 Å². The van der Waals surface area contributed by atoms with Gasteiger partial charge in [-0.25, -0.2) is 0 Å². The number of piperazine rings is 1. The average Bonchev–Trinajstić information content (AvgIpc) is 2.79. The lowest BCUT2D eigenvalue weighted by molar-refractivity contribution is 0.0581. The maximum Gasteiger partial charge on any atom is 0.253 e. The quantitative estimate of drug-likeness (QED) is 0.533. The Morgan fingerprint density at radius 1 is 1.03 bits per heavy atom. The van der Waals surface area contributed by atoms with Crippen LogP contribution in [0.2, 0.25) is 5.02 Å². The van der Waals surface area contributed by atoms with Crippen LogP contribution < -0.4 is 4.74 Å². The highest BCUT2D eigenvalue weighted by Crippen LogP contribution is 2.31. The van der Waals surface area contributed by atoms with E-state index in [1.165, 1.54) is 16.7 Å². The van der Waals surface area contributed by atoms with Gasteiger partial charge in [-0.05, 0) is 88.3 Å². The molecule has 1 aliphatic rings. The SMILES string of the molecule is Cc1c(OCCCN(C)C)ccc([C@@H](C)N2CCN(C(=O)c3ccc(Cl)cc3)CC2)c1C. The summed E-state index contributed by atoms with van der Waals surface area (Å²) in [6, 6.07) is 11.8. The van der Waals surface area contributed by atoms with Crippen LogP contribution in [0.1, 0.15) is 46.4 Å². The summed E-state index contributed by atoms with van der Waals surface area (Å²) in [6.45, 7) is 11.5. The second kappa shape index (κ2) is 11.2. The number of rotatable bonds is 8. The van der Waals surface area contributed by atoms with Crippen molar-refractivity contribution < 1.29 is 9.53 Å². The van der Waals surface area contributed by atoms with Gasteiger partial charge >= 0.3 is 0 Å². The van der Waals surface area contributed by atoms with Crippen LogP contribution in [0.4, 0.5) is 0 Å². The second-order valence-corrected chi connectivity index (χ2v) is 9.36. The number of carbonyl (C=O) groups excluding carboxylic acids is 1. The highest BCUT2D eigenvalue weighted by molar-refractivity contribution is 6.30. The smallest absolute Gasteiger partial charge is 0.253 e. The summed E-state index contributed by atoms with van der Waals surface area (Å²) in [4.78, 5) is 19.4. The number of benzene rings is 2. The Balaban J connectivity index is 1.58. The highest BCUT2D eigenvalue weighted by atomic mass is 35.5. The first-order valence-corrected chi connectivity index (χ1v) is 11.8. The van der Waals surface area contributed by atoms with Gasteiger partial charge in [-0.2, -0.15) is 0 Å². The van der Waals surface area contributed by atoms with Crippen LogP contribution in [-0.4, -0.2) is 74.0 Å². The molecule has 0 N–H and O–H groups in total. The summed E-state index contributed by atoms with van der Waals surface area (Å²) in [5.41, 5.74) is 4.54. The van der Waals surface area contributed by atoms with Crippen LogP contribution in [0.3, 0.4) is 0 Å². The van der Waals surface area contributed by atoms with Gasteiger partial charge in [-0.1, -0.05) is 17.7 Å². The van der Waals surface area contributed by atoms with E-state index in [2.05, 4.69) is 56.8 Å². The molecule has 32 heavy (non-hydrogen) atoms. The minimum Gasteiger partial charge on any atom is -0.493 e. The molecule has 1 atom stereocenters. The maximum absolute atomic E-state index is 12.8. The number of hydrogen-bond acceptors (Lipinski definition) is 4. The summed E-state index contributed by atoms with van der Waals surface area (Å²) >= 11 is 5.95. The zero-order chi connectivity index (χ0) is 23.3. The Bertz CT molecular complexity index is 906. The molecule has 0 spiro atoms. The maximum atomic E-state index is 12.8. The normalized spacial score (nSPS) is 15.8. The molecule has 1 heterocycles. The van der Waals surface area contributed by atoms with E-state index in [-0.39, 0.29) is 5.91 Å². The fraction of sp³-hybridized carbons (Fsp3) is 0.500. The lowest BCUT2D eigenvalue weighted by atomic mass is 9.96. The molecular formula is C26H36ClN3O2. The molecule has 3 rings (SSSR count). The highest BCUT2D eigenvalue weighted by Gasteiger charge is 2.26. The molecule has 0 saturated carbocycles. The molecule has 0 unspecified atom stereocenters. The zero-order valence-corrected chi connectivity index (χ0v) is 20.8. The van der Waals surface area contributed by atoms with Crippen LogP contribution in [0.15, 0.2) is 36.4 Å². The third-order valence-corrected chi connectivity index (χ3v) is 6.73. The standard InChI is InChI=1S/C26H36ClN3O2/c1-19-20(2)25(32-18-6-13-28(4)5)12-11-24(19)21(3)29-14-16-30(17-15-29)26(31)22-7-9-23(27)10-8-22/h7-12,21H,6,13-18H2,1-5H3/t21-/m1/s1. The first kappa shape index (κ1) is 24.6. The molecule has 6 heteroatoms. The second-order valence-electron chi connectivity index (χ2n) is 8.92. The molecule has 0 aromatic heterocycles. The van der Waals surface area contributed by atoms with Crippen molar-refractivity contribution in [2.24, 2.45) is 0 Å². The molecule has 0 radical (unpaired) electrons. The molecule has 0 bridgehead atoms. The number of hydrogen-bond donors (Lipinski definition) is 0. The van der Waals surface area contributed by atoms with Crippen molar-refractivity contribution in [2.45, 2.75) is 33.2 Å². The Morgan fingerprint density at radius 2 is 1.69 bits per heavy atom. The molecule has 1 aliphatic heterocycles. The van der Waals surface area contributed by atoms with Crippen molar-refractivity contribution in [1.82, 2.24) is 14.7 Å². The van der Waals surface area contributed by atoms with Gasteiger partial charge in [-0.3, -0.25) is 9.69 Å². The first-order chi connectivity index (χ1) is 15.3. The number of halogens is 1. The van der Waals surface area contributed by atoms with E-state index in [0.29, 0.717) is 16.6 Å². The van der Waals surface area contributed by atoms with E-state index in [1.807, 2.05) is 4.90 Å².